The van der Waals surface area contributed by atoms with E-state index >= 15 is 0 Å². The molecule has 5 rings (SSSR count). The van der Waals surface area contributed by atoms with Gasteiger partial charge in [0.2, 0.25) is 0 Å². The SMILES string of the molecule is c1ccc(-c2ccc3cc(-c4ccccc4-c4ccccc4)oc3c2)cc1. The molecular formula is C26H18O. The summed E-state index contributed by atoms with van der Waals surface area (Å²) in [7, 11) is 0. The molecule has 0 saturated heterocycles. The monoisotopic (exact) mass is 346 g/mol. The number of benzene rings is 4. The van der Waals surface area contributed by atoms with Crippen molar-refractivity contribution in [2.45, 2.75) is 0 Å². The Hall–Kier alpha value is -3.58. The molecule has 4 aromatic carbocycles. The largest absolute Gasteiger partial charge is 0.456 e. The van der Waals surface area contributed by atoms with Gasteiger partial charge in [-0.3, -0.25) is 0 Å². The number of hydrogen-bond acceptors (Lipinski definition) is 1. The molecule has 0 amide bonds. The van der Waals surface area contributed by atoms with E-state index in [9.17, 15) is 0 Å². The summed E-state index contributed by atoms with van der Waals surface area (Å²) in [6.45, 7) is 0. The molecule has 0 aliphatic rings. The van der Waals surface area contributed by atoms with E-state index in [0.717, 1.165) is 22.3 Å². The van der Waals surface area contributed by atoms with Crippen molar-refractivity contribution >= 4 is 11.0 Å². The molecule has 0 spiro atoms. The normalized spacial score (nSPS) is 11.0. The molecule has 0 bridgehead atoms. The molecule has 0 aliphatic heterocycles. The highest BCUT2D eigenvalue weighted by atomic mass is 16.3. The van der Waals surface area contributed by atoms with E-state index < -0.39 is 0 Å². The van der Waals surface area contributed by atoms with Crippen molar-refractivity contribution in [2.24, 2.45) is 0 Å². The van der Waals surface area contributed by atoms with E-state index in [1.54, 1.807) is 0 Å². The van der Waals surface area contributed by atoms with E-state index in [-0.39, 0.29) is 0 Å². The lowest BCUT2D eigenvalue weighted by molar-refractivity contribution is 0.632. The molecule has 1 aromatic heterocycles. The van der Waals surface area contributed by atoms with E-state index in [1.165, 1.54) is 22.3 Å². The van der Waals surface area contributed by atoms with Gasteiger partial charge in [-0.05, 0) is 34.4 Å². The fourth-order valence-electron chi connectivity index (χ4n) is 3.54. The van der Waals surface area contributed by atoms with Crippen LogP contribution in [0, 0.1) is 0 Å². The molecule has 0 atom stereocenters. The zero-order valence-corrected chi connectivity index (χ0v) is 14.8. The highest BCUT2D eigenvalue weighted by Gasteiger charge is 2.12. The Balaban J connectivity index is 1.63. The molecule has 1 nitrogen and oxygen atoms in total. The van der Waals surface area contributed by atoms with Gasteiger partial charge in [-0.1, -0.05) is 97.1 Å². The van der Waals surface area contributed by atoms with Gasteiger partial charge in [0.1, 0.15) is 11.3 Å². The summed E-state index contributed by atoms with van der Waals surface area (Å²) in [6.07, 6.45) is 0. The van der Waals surface area contributed by atoms with Crippen LogP contribution in [0.1, 0.15) is 0 Å². The lowest BCUT2D eigenvalue weighted by atomic mass is 9.98. The fraction of sp³-hybridized carbons (Fsp3) is 0. The summed E-state index contributed by atoms with van der Waals surface area (Å²) in [5, 5.41) is 1.12. The Bertz CT molecular complexity index is 1200. The Morgan fingerprint density at radius 3 is 1.81 bits per heavy atom. The van der Waals surface area contributed by atoms with Crippen LogP contribution in [0.3, 0.4) is 0 Å². The highest BCUT2D eigenvalue weighted by molar-refractivity contribution is 5.90. The van der Waals surface area contributed by atoms with Crippen molar-refractivity contribution in [3.8, 4) is 33.6 Å². The number of furan rings is 1. The predicted molar refractivity (Wildman–Crippen MR) is 113 cm³/mol. The van der Waals surface area contributed by atoms with Gasteiger partial charge >= 0.3 is 0 Å². The first-order valence-corrected chi connectivity index (χ1v) is 9.12. The minimum Gasteiger partial charge on any atom is -0.456 e. The Morgan fingerprint density at radius 2 is 1.07 bits per heavy atom. The van der Waals surface area contributed by atoms with Gasteiger partial charge in [0.25, 0.3) is 0 Å². The van der Waals surface area contributed by atoms with E-state index in [4.69, 9.17) is 4.42 Å². The van der Waals surface area contributed by atoms with Crippen LogP contribution in [0.25, 0.3) is 44.5 Å². The molecule has 5 aromatic rings. The first-order valence-electron chi connectivity index (χ1n) is 9.12. The molecular weight excluding hydrogens is 328 g/mol. The second-order valence-corrected chi connectivity index (χ2v) is 6.64. The van der Waals surface area contributed by atoms with Gasteiger partial charge in [0.15, 0.2) is 0 Å². The first kappa shape index (κ1) is 15.7. The summed E-state index contributed by atoms with van der Waals surface area (Å²) >= 11 is 0. The van der Waals surface area contributed by atoms with Gasteiger partial charge in [0, 0.05) is 10.9 Å². The maximum atomic E-state index is 6.28. The Kier molecular flexibility index (Phi) is 3.84. The smallest absolute Gasteiger partial charge is 0.136 e. The number of hydrogen-bond donors (Lipinski definition) is 0. The molecule has 1 heteroatoms. The Labute approximate surface area is 158 Å². The lowest BCUT2D eigenvalue weighted by Crippen LogP contribution is -1.82. The molecule has 128 valence electrons. The summed E-state index contributed by atoms with van der Waals surface area (Å²) in [5.74, 6) is 0.898. The van der Waals surface area contributed by atoms with Gasteiger partial charge in [-0.15, -0.1) is 0 Å². The van der Waals surface area contributed by atoms with Crippen LogP contribution >= 0.6 is 0 Å². The topological polar surface area (TPSA) is 13.1 Å². The van der Waals surface area contributed by atoms with E-state index in [1.807, 2.05) is 12.1 Å². The van der Waals surface area contributed by atoms with Crippen molar-refractivity contribution in [1.29, 1.82) is 0 Å². The summed E-state index contributed by atoms with van der Waals surface area (Å²) in [4.78, 5) is 0. The van der Waals surface area contributed by atoms with Crippen LogP contribution in [0.15, 0.2) is 114 Å². The lowest BCUT2D eigenvalue weighted by Gasteiger charge is -2.07. The van der Waals surface area contributed by atoms with Crippen molar-refractivity contribution in [1.82, 2.24) is 0 Å². The van der Waals surface area contributed by atoms with Crippen LogP contribution in [-0.4, -0.2) is 0 Å². The van der Waals surface area contributed by atoms with Crippen molar-refractivity contribution in [3.63, 3.8) is 0 Å². The molecule has 0 unspecified atom stereocenters. The number of fused-ring (bicyclic) bond motifs is 1. The molecule has 0 radical (unpaired) electrons. The number of rotatable bonds is 3. The van der Waals surface area contributed by atoms with Crippen molar-refractivity contribution < 1.29 is 4.42 Å². The second-order valence-electron chi connectivity index (χ2n) is 6.64. The van der Waals surface area contributed by atoms with Crippen molar-refractivity contribution in [2.75, 3.05) is 0 Å². The molecule has 0 aliphatic carbocycles. The van der Waals surface area contributed by atoms with Crippen LogP contribution in [-0.2, 0) is 0 Å². The minimum atomic E-state index is 0.898. The quantitative estimate of drug-likeness (QED) is 0.331. The summed E-state index contributed by atoms with van der Waals surface area (Å²) < 4.78 is 6.28. The van der Waals surface area contributed by atoms with Gasteiger partial charge in [-0.25, -0.2) is 0 Å². The minimum absolute atomic E-state index is 0.898. The molecule has 27 heavy (non-hydrogen) atoms. The molecule has 0 N–H and O–H groups in total. The molecule has 1 heterocycles. The van der Waals surface area contributed by atoms with Gasteiger partial charge in [0.05, 0.1) is 0 Å². The average Bonchev–Trinajstić information content (AvgIpc) is 3.18. The standard InChI is InChI=1S/C26H18O/c1-3-9-19(10-4-1)21-15-16-22-18-26(27-25(22)17-21)24-14-8-7-13-23(24)20-11-5-2-6-12-20/h1-18H. The maximum Gasteiger partial charge on any atom is 0.136 e. The zero-order valence-electron chi connectivity index (χ0n) is 14.8. The van der Waals surface area contributed by atoms with Crippen LogP contribution in [0.2, 0.25) is 0 Å². The molecule has 0 fully saturated rings. The first-order chi connectivity index (χ1) is 13.4. The average molecular weight is 346 g/mol. The van der Waals surface area contributed by atoms with Gasteiger partial charge < -0.3 is 4.42 Å². The van der Waals surface area contributed by atoms with Crippen molar-refractivity contribution in [3.05, 3.63) is 109 Å². The van der Waals surface area contributed by atoms with E-state index in [0.29, 0.717) is 0 Å². The van der Waals surface area contributed by atoms with E-state index in [2.05, 4.69) is 97.1 Å². The third kappa shape index (κ3) is 2.94. The zero-order chi connectivity index (χ0) is 18.1. The third-order valence-electron chi connectivity index (χ3n) is 4.90. The summed E-state index contributed by atoms with van der Waals surface area (Å²) in [6, 6.07) is 37.8. The fourth-order valence-corrected chi connectivity index (χ4v) is 3.54. The molecule has 0 saturated carbocycles. The maximum absolute atomic E-state index is 6.28. The predicted octanol–water partition coefficient (Wildman–Crippen LogP) is 7.43. The van der Waals surface area contributed by atoms with Crippen LogP contribution in [0.4, 0.5) is 0 Å². The van der Waals surface area contributed by atoms with Crippen LogP contribution in [0.5, 0.6) is 0 Å². The Morgan fingerprint density at radius 1 is 0.444 bits per heavy atom. The van der Waals surface area contributed by atoms with Crippen LogP contribution < -0.4 is 0 Å². The third-order valence-corrected chi connectivity index (χ3v) is 4.90. The summed E-state index contributed by atoms with van der Waals surface area (Å²) in [5.41, 5.74) is 6.76. The van der Waals surface area contributed by atoms with Gasteiger partial charge in [-0.2, -0.15) is 0 Å². The highest BCUT2D eigenvalue weighted by Crippen LogP contribution is 2.36. The second kappa shape index (κ2) is 6.62.